The standard InChI is InChI=1S/C11H16O2/c1-2-9-8-5-7(1)6-10(8)11(9)12-3-4-13-11/h7-10H,1-6H2/t7-,8-,9+,10-/m0/s1. The fourth-order valence-corrected chi connectivity index (χ4v) is 4.48. The molecule has 1 saturated heterocycles. The summed E-state index contributed by atoms with van der Waals surface area (Å²) in [6.07, 6.45) is 5.67. The van der Waals surface area contributed by atoms with Crippen molar-refractivity contribution in [2.45, 2.75) is 31.5 Å². The van der Waals surface area contributed by atoms with Gasteiger partial charge in [0.2, 0.25) is 0 Å². The van der Waals surface area contributed by atoms with Crippen LogP contribution in [0.25, 0.3) is 0 Å². The third-order valence-electron chi connectivity index (χ3n) is 4.88. The van der Waals surface area contributed by atoms with E-state index in [1.807, 2.05) is 0 Å². The smallest absolute Gasteiger partial charge is 0.174 e. The van der Waals surface area contributed by atoms with Crippen molar-refractivity contribution in [2.75, 3.05) is 13.2 Å². The molecule has 0 aromatic carbocycles. The highest BCUT2D eigenvalue weighted by Crippen LogP contribution is 2.67. The third-order valence-corrected chi connectivity index (χ3v) is 4.88. The highest BCUT2D eigenvalue weighted by molar-refractivity contribution is 5.13. The Bertz CT molecular complexity index is 236. The quantitative estimate of drug-likeness (QED) is 0.566. The maximum absolute atomic E-state index is 5.90. The van der Waals surface area contributed by atoms with Crippen LogP contribution in [0, 0.1) is 23.7 Å². The molecule has 0 aromatic heterocycles. The van der Waals surface area contributed by atoms with E-state index < -0.39 is 0 Å². The van der Waals surface area contributed by atoms with Crippen LogP contribution in [0.3, 0.4) is 0 Å². The van der Waals surface area contributed by atoms with E-state index in [2.05, 4.69) is 0 Å². The van der Waals surface area contributed by atoms with Crippen LogP contribution in [0.15, 0.2) is 0 Å². The molecule has 3 aliphatic carbocycles. The van der Waals surface area contributed by atoms with Gasteiger partial charge in [-0.25, -0.2) is 0 Å². The van der Waals surface area contributed by atoms with E-state index in [0.717, 1.165) is 36.9 Å². The van der Waals surface area contributed by atoms with Crippen molar-refractivity contribution < 1.29 is 9.47 Å². The molecular weight excluding hydrogens is 164 g/mol. The molecule has 0 aromatic rings. The fourth-order valence-electron chi connectivity index (χ4n) is 4.48. The topological polar surface area (TPSA) is 18.5 Å². The first-order valence-corrected chi connectivity index (χ1v) is 5.68. The van der Waals surface area contributed by atoms with E-state index in [-0.39, 0.29) is 5.79 Å². The summed E-state index contributed by atoms with van der Waals surface area (Å²) < 4.78 is 11.8. The second kappa shape index (κ2) is 2.12. The average Bonchev–Trinajstić information content (AvgIpc) is 2.68. The molecule has 1 spiro atoms. The third kappa shape index (κ3) is 0.668. The Balaban J connectivity index is 1.74. The lowest BCUT2D eigenvalue weighted by Gasteiger charge is -2.55. The molecular formula is C11H16O2. The van der Waals surface area contributed by atoms with Gasteiger partial charge in [-0.3, -0.25) is 0 Å². The van der Waals surface area contributed by atoms with E-state index in [4.69, 9.17) is 9.47 Å². The molecule has 13 heavy (non-hydrogen) atoms. The van der Waals surface area contributed by atoms with Crippen molar-refractivity contribution in [2.24, 2.45) is 23.7 Å². The minimum atomic E-state index is -0.0735. The highest BCUT2D eigenvalue weighted by Gasteiger charge is 2.69. The monoisotopic (exact) mass is 180 g/mol. The minimum absolute atomic E-state index is 0.0735. The van der Waals surface area contributed by atoms with E-state index in [1.54, 1.807) is 0 Å². The predicted molar refractivity (Wildman–Crippen MR) is 47.1 cm³/mol. The fraction of sp³-hybridized carbons (Fsp3) is 1.00. The molecule has 2 bridgehead atoms. The van der Waals surface area contributed by atoms with Gasteiger partial charge in [0.05, 0.1) is 13.2 Å². The molecule has 2 heteroatoms. The zero-order valence-electron chi connectivity index (χ0n) is 7.87. The van der Waals surface area contributed by atoms with E-state index >= 15 is 0 Å². The van der Waals surface area contributed by atoms with Gasteiger partial charge in [-0.15, -0.1) is 0 Å². The van der Waals surface area contributed by atoms with Crippen LogP contribution in [0.2, 0.25) is 0 Å². The maximum atomic E-state index is 5.90. The Morgan fingerprint density at radius 2 is 1.77 bits per heavy atom. The Hall–Kier alpha value is -0.0800. The molecule has 4 fully saturated rings. The van der Waals surface area contributed by atoms with Crippen LogP contribution in [0.4, 0.5) is 0 Å². The van der Waals surface area contributed by atoms with Crippen LogP contribution in [-0.4, -0.2) is 19.0 Å². The summed E-state index contributed by atoms with van der Waals surface area (Å²) in [6, 6.07) is 0. The lowest BCUT2D eigenvalue weighted by atomic mass is 9.59. The van der Waals surface area contributed by atoms with Gasteiger partial charge in [0, 0.05) is 11.8 Å². The summed E-state index contributed by atoms with van der Waals surface area (Å²) in [5, 5.41) is 0. The minimum Gasteiger partial charge on any atom is -0.347 e. The van der Waals surface area contributed by atoms with Crippen molar-refractivity contribution in [1.29, 1.82) is 0 Å². The number of hydrogen-bond donors (Lipinski definition) is 0. The van der Waals surface area contributed by atoms with Gasteiger partial charge in [0.1, 0.15) is 0 Å². The second-order valence-corrected chi connectivity index (χ2v) is 5.21. The van der Waals surface area contributed by atoms with Gasteiger partial charge in [0.15, 0.2) is 5.79 Å². The Morgan fingerprint density at radius 1 is 0.923 bits per heavy atom. The van der Waals surface area contributed by atoms with Gasteiger partial charge in [-0.05, 0) is 37.5 Å². The van der Waals surface area contributed by atoms with Crippen molar-refractivity contribution in [1.82, 2.24) is 0 Å². The van der Waals surface area contributed by atoms with Gasteiger partial charge in [0.25, 0.3) is 0 Å². The molecule has 4 atom stereocenters. The number of fused-ring (bicyclic) bond motifs is 3. The number of hydrogen-bond acceptors (Lipinski definition) is 2. The van der Waals surface area contributed by atoms with Crippen molar-refractivity contribution in [3.05, 3.63) is 0 Å². The number of rotatable bonds is 0. The molecule has 2 nitrogen and oxygen atoms in total. The van der Waals surface area contributed by atoms with Crippen LogP contribution < -0.4 is 0 Å². The summed E-state index contributed by atoms with van der Waals surface area (Å²) in [5.74, 6) is 3.44. The molecule has 0 amide bonds. The van der Waals surface area contributed by atoms with Crippen LogP contribution in [0.5, 0.6) is 0 Å². The molecule has 72 valence electrons. The lowest BCUT2D eigenvalue weighted by Crippen LogP contribution is -2.61. The Morgan fingerprint density at radius 3 is 2.62 bits per heavy atom. The first kappa shape index (κ1) is 7.24. The first-order valence-electron chi connectivity index (χ1n) is 5.68. The zero-order valence-corrected chi connectivity index (χ0v) is 7.87. The van der Waals surface area contributed by atoms with Gasteiger partial charge in [-0.2, -0.15) is 0 Å². The van der Waals surface area contributed by atoms with Crippen LogP contribution in [-0.2, 0) is 9.47 Å². The van der Waals surface area contributed by atoms with Crippen molar-refractivity contribution in [3.63, 3.8) is 0 Å². The van der Waals surface area contributed by atoms with E-state index in [9.17, 15) is 0 Å². The SMILES string of the molecule is C1COC2(O1)[C@@H]1CC[C@H]3C[C@@H]1[C@@H]2C3. The van der Waals surface area contributed by atoms with E-state index in [0.29, 0.717) is 0 Å². The Labute approximate surface area is 78.6 Å². The molecule has 3 saturated carbocycles. The summed E-state index contributed by atoms with van der Waals surface area (Å²) in [4.78, 5) is 0. The van der Waals surface area contributed by atoms with Crippen molar-refractivity contribution in [3.8, 4) is 0 Å². The zero-order chi connectivity index (χ0) is 8.47. The summed E-state index contributed by atoms with van der Waals surface area (Å²) in [5.41, 5.74) is 0. The highest BCUT2D eigenvalue weighted by atomic mass is 16.7. The summed E-state index contributed by atoms with van der Waals surface area (Å²) in [6.45, 7) is 1.68. The molecule has 0 unspecified atom stereocenters. The summed E-state index contributed by atoms with van der Waals surface area (Å²) in [7, 11) is 0. The van der Waals surface area contributed by atoms with Gasteiger partial charge >= 0.3 is 0 Å². The largest absolute Gasteiger partial charge is 0.347 e. The molecule has 4 aliphatic rings. The first-order chi connectivity index (χ1) is 6.40. The molecule has 0 N–H and O–H groups in total. The molecule has 1 aliphatic heterocycles. The second-order valence-electron chi connectivity index (χ2n) is 5.21. The normalized spacial score (nSPS) is 55.4. The molecule has 4 rings (SSSR count). The Kier molecular flexibility index (Phi) is 1.18. The number of ether oxygens (including phenoxy) is 2. The average molecular weight is 180 g/mol. The van der Waals surface area contributed by atoms with Crippen LogP contribution in [0.1, 0.15) is 25.7 Å². The van der Waals surface area contributed by atoms with Gasteiger partial charge in [-0.1, -0.05) is 0 Å². The summed E-state index contributed by atoms with van der Waals surface area (Å²) >= 11 is 0. The maximum Gasteiger partial charge on any atom is 0.174 e. The van der Waals surface area contributed by atoms with Crippen molar-refractivity contribution >= 4 is 0 Å². The molecule has 0 radical (unpaired) electrons. The van der Waals surface area contributed by atoms with Crippen LogP contribution >= 0.6 is 0 Å². The van der Waals surface area contributed by atoms with E-state index in [1.165, 1.54) is 25.7 Å². The van der Waals surface area contributed by atoms with Gasteiger partial charge < -0.3 is 9.47 Å². The lowest BCUT2D eigenvalue weighted by molar-refractivity contribution is -0.312. The predicted octanol–water partition coefficient (Wildman–Crippen LogP) is 1.80. The molecule has 1 heterocycles.